The van der Waals surface area contributed by atoms with Gasteiger partial charge in [0.15, 0.2) is 0 Å². The minimum absolute atomic E-state index is 0.108. The SMILES string of the molecule is CCCC(C)Oc1ccc(CNC(C)(C)C)cc1Cl. The van der Waals surface area contributed by atoms with Crippen molar-refractivity contribution < 1.29 is 4.74 Å². The molecule has 0 aliphatic rings. The average Bonchev–Trinajstić information content (AvgIpc) is 2.29. The predicted molar refractivity (Wildman–Crippen MR) is 83.0 cm³/mol. The van der Waals surface area contributed by atoms with Crippen LogP contribution in [0.3, 0.4) is 0 Å². The molecule has 0 fully saturated rings. The molecule has 1 unspecified atom stereocenters. The van der Waals surface area contributed by atoms with E-state index in [2.05, 4.69) is 46.0 Å². The van der Waals surface area contributed by atoms with Gasteiger partial charge in [0.05, 0.1) is 11.1 Å². The third-order valence-electron chi connectivity index (χ3n) is 2.84. The topological polar surface area (TPSA) is 21.3 Å². The number of nitrogens with one attached hydrogen (secondary N) is 1. The van der Waals surface area contributed by atoms with Crippen LogP contribution in [-0.2, 0) is 6.54 Å². The summed E-state index contributed by atoms with van der Waals surface area (Å²) in [4.78, 5) is 0. The van der Waals surface area contributed by atoms with Crippen LogP contribution in [0.4, 0.5) is 0 Å². The van der Waals surface area contributed by atoms with E-state index in [4.69, 9.17) is 16.3 Å². The summed E-state index contributed by atoms with van der Waals surface area (Å²) < 4.78 is 5.83. The first kappa shape index (κ1) is 16.3. The van der Waals surface area contributed by atoms with Gasteiger partial charge in [0.2, 0.25) is 0 Å². The summed E-state index contributed by atoms with van der Waals surface area (Å²) in [5.41, 5.74) is 1.28. The number of hydrogen-bond donors (Lipinski definition) is 1. The summed E-state index contributed by atoms with van der Waals surface area (Å²) in [5.74, 6) is 0.780. The van der Waals surface area contributed by atoms with E-state index in [-0.39, 0.29) is 11.6 Å². The minimum atomic E-state index is 0.108. The van der Waals surface area contributed by atoms with Gasteiger partial charge in [0.1, 0.15) is 5.75 Å². The lowest BCUT2D eigenvalue weighted by Gasteiger charge is -2.21. The number of rotatable bonds is 6. The Hall–Kier alpha value is -0.730. The Balaban J connectivity index is 2.64. The Morgan fingerprint density at radius 2 is 2.00 bits per heavy atom. The fourth-order valence-electron chi connectivity index (χ4n) is 1.80. The van der Waals surface area contributed by atoms with E-state index in [0.717, 1.165) is 25.1 Å². The first-order valence-electron chi connectivity index (χ1n) is 7.02. The van der Waals surface area contributed by atoms with Crippen LogP contribution >= 0.6 is 11.6 Å². The molecular weight excluding hydrogens is 258 g/mol. The largest absolute Gasteiger partial charge is 0.489 e. The molecule has 1 aromatic rings. The molecule has 1 atom stereocenters. The molecule has 108 valence electrons. The van der Waals surface area contributed by atoms with Crippen LogP contribution in [0.2, 0.25) is 5.02 Å². The molecule has 0 bridgehead atoms. The van der Waals surface area contributed by atoms with Gasteiger partial charge in [0, 0.05) is 12.1 Å². The van der Waals surface area contributed by atoms with Crippen molar-refractivity contribution in [1.29, 1.82) is 0 Å². The second kappa shape index (κ2) is 7.16. The van der Waals surface area contributed by atoms with Gasteiger partial charge in [0.25, 0.3) is 0 Å². The van der Waals surface area contributed by atoms with Crippen molar-refractivity contribution in [1.82, 2.24) is 5.32 Å². The highest BCUT2D eigenvalue weighted by Crippen LogP contribution is 2.27. The van der Waals surface area contributed by atoms with Gasteiger partial charge in [-0.3, -0.25) is 0 Å². The first-order valence-corrected chi connectivity index (χ1v) is 7.39. The maximum Gasteiger partial charge on any atom is 0.138 e. The van der Waals surface area contributed by atoms with Crippen molar-refractivity contribution in [3.05, 3.63) is 28.8 Å². The lowest BCUT2D eigenvalue weighted by Crippen LogP contribution is -2.35. The highest BCUT2D eigenvalue weighted by Gasteiger charge is 2.10. The molecule has 1 rings (SSSR count). The summed E-state index contributed by atoms with van der Waals surface area (Å²) in [7, 11) is 0. The molecule has 0 aliphatic heterocycles. The van der Waals surface area contributed by atoms with Crippen molar-refractivity contribution in [3.8, 4) is 5.75 Å². The summed E-state index contributed by atoms with van der Waals surface area (Å²) in [6.07, 6.45) is 2.37. The number of benzene rings is 1. The maximum absolute atomic E-state index is 6.27. The van der Waals surface area contributed by atoms with Crippen molar-refractivity contribution >= 4 is 11.6 Å². The van der Waals surface area contributed by atoms with Gasteiger partial charge in [-0.25, -0.2) is 0 Å². The van der Waals surface area contributed by atoms with Crippen molar-refractivity contribution in [2.75, 3.05) is 0 Å². The monoisotopic (exact) mass is 283 g/mol. The quantitative estimate of drug-likeness (QED) is 0.810. The molecule has 0 radical (unpaired) electrons. The third-order valence-corrected chi connectivity index (χ3v) is 3.14. The Bertz CT molecular complexity index is 398. The molecule has 0 heterocycles. The van der Waals surface area contributed by atoms with Crippen LogP contribution in [0, 0.1) is 0 Å². The number of halogens is 1. The van der Waals surface area contributed by atoms with Crippen LogP contribution in [0.1, 0.15) is 53.0 Å². The lowest BCUT2D eigenvalue weighted by molar-refractivity contribution is 0.210. The van der Waals surface area contributed by atoms with Crippen LogP contribution < -0.4 is 10.1 Å². The number of ether oxygens (including phenoxy) is 1. The lowest BCUT2D eigenvalue weighted by atomic mass is 10.1. The van der Waals surface area contributed by atoms with E-state index >= 15 is 0 Å². The van der Waals surface area contributed by atoms with E-state index < -0.39 is 0 Å². The summed E-state index contributed by atoms with van der Waals surface area (Å²) in [6, 6.07) is 6.01. The zero-order chi connectivity index (χ0) is 14.5. The van der Waals surface area contributed by atoms with Crippen LogP contribution in [-0.4, -0.2) is 11.6 Å². The summed E-state index contributed by atoms with van der Waals surface area (Å²) >= 11 is 6.27. The molecule has 0 saturated carbocycles. The van der Waals surface area contributed by atoms with Gasteiger partial charge in [-0.15, -0.1) is 0 Å². The molecule has 0 spiro atoms. The van der Waals surface area contributed by atoms with E-state index in [1.54, 1.807) is 0 Å². The molecule has 0 aromatic heterocycles. The standard InChI is InChI=1S/C16H26ClNO/c1-6-7-12(2)19-15-9-8-13(10-14(15)17)11-18-16(3,4)5/h8-10,12,18H,6-7,11H2,1-5H3. The molecule has 19 heavy (non-hydrogen) atoms. The van der Waals surface area contributed by atoms with Gasteiger partial charge in [-0.05, 0) is 51.8 Å². The van der Waals surface area contributed by atoms with Gasteiger partial charge < -0.3 is 10.1 Å². The summed E-state index contributed by atoms with van der Waals surface area (Å²) in [5, 5.41) is 4.14. The van der Waals surface area contributed by atoms with Crippen molar-refractivity contribution in [3.63, 3.8) is 0 Å². The molecule has 3 heteroatoms. The summed E-state index contributed by atoms with van der Waals surface area (Å²) in [6.45, 7) is 11.5. The average molecular weight is 284 g/mol. The van der Waals surface area contributed by atoms with Gasteiger partial charge in [-0.2, -0.15) is 0 Å². The Morgan fingerprint density at radius 1 is 1.32 bits per heavy atom. The molecule has 0 amide bonds. The highest BCUT2D eigenvalue weighted by atomic mass is 35.5. The minimum Gasteiger partial charge on any atom is -0.489 e. The third kappa shape index (κ3) is 6.31. The second-order valence-electron chi connectivity index (χ2n) is 6.09. The molecule has 2 nitrogen and oxygen atoms in total. The van der Waals surface area contributed by atoms with Gasteiger partial charge >= 0.3 is 0 Å². The molecule has 0 aliphatic carbocycles. The van der Waals surface area contributed by atoms with Gasteiger partial charge in [-0.1, -0.05) is 31.0 Å². The molecule has 1 N–H and O–H groups in total. The van der Waals surface area contributed by atoms with Crippen LogP contribution in [0.5, 0.6) is 5.75 Å². The normalized spacial score (nSPS) is 13.4. The van der Waals surface area contributed by atoms with E-state index in [1.165, 1.54) is 5.56 Å². The van der Waals surface area contributed by atoms with E-state index in [0.29, 0.717) is 5.02 Å². The fourth-order valence-corrected chi connectivity index (χ4v) is 2.05. The zero-order valence-electron chi connectivity index (χ0n) is 12.7. The zero-order valence-corrected chi connectivity index (χ0v) is 13.5. The number of hydrogen-bond acceptors (Lipinski definition) is 2. The fraction of sp³-hybridized carbons (Fsp3) is 0.625. The second-order valence-corrected chi connectivity index (χ2v) is 6.49. The van der Waals surface area contributed by atoms with E-state index in [1.807, 2.05) is 12.1 Å². The smallest absolute Gasteiger partial charge is 0.138 e. The van der Waals surface area contributed by atoms with Crippen molar-refractivity contribution in [2.24, 2.45) is 0 Å². The molecular formula is C16H26ClNO. The predicted octanol–water partition coefficient (Wildman–Crippen LogP) is 4.80. The highest BCUT2D eigenvalue weighted by molar-refractivity contribution is 6.32. The maximum atomic E-state index is 6.27. The first-order chi connectivity index (χ1) is 8.81. The Labute approximate surface area is 122 Å². The molecule has 1 aromatic carbocycles. The van der Waals surface area contributed by atoms with Crippen LogP contribution in [0.15, 0.2) is 18.2 Å². The van der Waals surface area contributed by atoms with Crippen molar-refractivity contribution in [2.45, 2.75) is 65.6 Å². The van der Waals surface area contributed by atoms with E-state index in [9.17, 15) is 0 Å². The Kier molecular flexibility index (Phi) is 6.15. The Morgan fingerprint density at radius 3 is 2.53 bits per heavy atom. The van der Waals surface area contributed by atoms with Crippen LogP contribution in [0.25, 0.3) is 0 Å². The molecule has 0 saturated heterocycles.